The zero-order valence-electron chi connectivity index (χ0n) is 11.6. The molecule has 0 aromatic carbocycles. The molecule has 0 saturated carbocycles. The van der Waals surface area contributed by atoms with Crippen molar-refractivity contribution >= 4 is 10.0 Å². The third-order valence-corrected chi connectivity index (χ3v) is 4.74. The lowest BCUT2D eigenvalue weighted by atomic mass is 10.1. The highest BCUT2D eigenvalue weighted by molar-refractivity contribution is 7.90. The summed E-state index contributed by atoms with van der Waals surface area (Å²) in [4.78, 5) is 0. The zero-order valence-corrected chi connectivity index (χ0v) is 12.4. The molecule has 2 N–H and O–H groups in total. The van der Waals surface area contributed by atoms with Gasteiger partial charge in [-0.25, -0.2) is 13.1 Å². The lowest BCUT2D eigenvalue weighted by molar-refractivity contribution is 0.502. The molecule has 0 saturated heterocycles. The van der Waals surface area contributed by atoms with Gasteiger partial charge in [-0.05, 0) is 32.7 Å². The molecule has 104 valence electrons. The molecule has 4 nitrogen and oxygen atoms in total. The molecular formula is C12H28N2O2S. The monoisotopic (exact) mass is 264 g/mol. The summed E-state index contributed by atoms with van der Waals surface area (Å²) < 4.78 is 26.8. The number of sulfonamides is 1. The Hall–Kier alpha value is -0.130. The average Bonchev–Trinajstić information content (AvgIpc) is 2.28. The molecular weight excluding hydrogens is 236 g/mol. The second kappa shape index (κ2) is 8.89. The summed E-state index contributed by atoms with van der Waals surface area (Å²) in [5.74, 6) is 0. The van der Waals surface area contributed by atoms with Crippen LogP contribution in [0.25, 0.3) is 0 Å². The van der Waals surface area contributed by atoms with Crippen LogP contribution in [-0.2, 0) is 10.0 Å². The summed E-state index contributed by atoms with van der Waals surface area (Å²) in [6, 6.07) is 0.0821. The molecule has 0 aromatic rings. The molecule has 5 heteroatoms. The van der Waals surface area contributed by atoms with Crippen LogP contribution in [0.1, 0.15) is 53.4 Å². The van der Waals surface area contributed by atoms with Gasteiger partial charge in [0.25, 0.3) is 0 Å². The fraction of sp³-hybridized carbons (Fsp3) is 1.00. The van der Waals surface area contributed by atoms with Gasteiger partial charge in [0.05, 0.1) is 5.25 Å². The van der Waals surface area contributed by atoms with E-state index in [2.05, 4.69) is 23.9 Å². The molecule has 0 aliphatic heterocycles. The van der Waals surface area contributed by atoms with Crippen LogP contribution in [0.4, 0.5) is 0 Å². The maximum Gasteiger partial charge on any atom is 0.215 e. The van der Waals surface area contributed by atoms with Crippen molar-refractivity contribution in [1.29, 1.82) is 0 Å². The maximum absolute atomic E-state index is 12.0. The standard InChI is InChI=1S/C12H28N2O2S/c1-5-8-12(7-3)14-17(15,16)11(4)10-13-9-6-2/h11-14H,5-10H2,1-4H3. The fourth-order valence-corrected chi connectivity index (χ4v) is 2.95. The third kappa shape index (κ3) is 7.01. The molecule has 0 aliphatic carbocycles. The summed E-state index contributed by atoms with van der Waals surface area (Å²) in [7, 11) is -3.19. The first-order valence-corrected chi connectivity index (χ1v) is 8.24. The predicted molar refractivity (Wildman–Crippen MR) is 73.7 cm³/mol. The third-order valence-electron chi connectivity index (χ3n) is 2.85. The first-order valence-electron chi connectivity index (χ1n) is 6.69. The van der Waals surface area contributed by atoms with E-state index in [0.29, 0.717) is 6.54 Å². The topological polar surface area (TPSA) is 58.2 Å². The highest BCUT2D eigenvalue weighted by Crippen LogP contribution is 2.06. The highest BCUT2D eigenvalue weighted by atomic mass is 32.2. The Morgan fingerprint density at radius 2 is 1.76 bits per heavy atom. The van der Waals surface area contributed by atoms with Gasteiger partial charge in [0.1, 0.15) is 0 Å². The number of hydrogen-bond donors (Lipinski definition) is 2. The van der Waals surface area contributed by atoms with Crippen molar-refractivity contribution in [2.24, 2.45) is 0 Å². The van der Waals surface area contributed by atoms with Crippen molar-refractivity contribution in [2.45, 2.75) is 64.7 Å². The van der Waals surface area contributed by atoms with E-state index in [-0.39, 0.29) is 11.3 Å². The van der Waals surface area contributed by atoms with Crippen LogP contribution in [0, 0.1) is 0 Å². The summed E-state index contributed by atoms with van der Waals surface area (Å²) >= 11 is 0. The minimum absolute atomic E-state index is 0.0821. The molecule has 0 bridgehead atoms. The Bertz CT molecular complexity index is 278. The minimum Gasteiger partial charge on any atom is -0.315 e. The fourth-order valence-electron chi connectivity index (χ4n) is 1.64. The van der Waals surface area contributed by atoms with Crippen LogP contribution < -0.4 is 10.0 Å². The molecule has 2 unspecified atom stereocenters. The first-order chi connectivity index (χ1) is 7.97. The van der Waals surface area contributed by atoms with Gasteiger partial charge in [0.2, 0.25) is 10.0 Å². The van der Waals surface area contributed by atoms with Gasteiger partial charge in [-0.15, -0.1) is 0 Å². The van der Waals surface area contributed by atoms with Gasteiger partial charge in [0, 0.05) is 12.6 Å². The molecule has 0 radical (unpaired) electrons. The molecule has 0 amide bonds. The number of hydrogen-bond acceptors (Lipinski definition) is 3. The second-order valence-electron chi connectivity index (χ2n) is 4.57. The lowest BCUT2D eigenvalue weighted by Gasteiger charge is -2.20. The van der Waals surface area contributed by atoms with E-state index in [0.717, 1.165) is 32.2 Å². The van der Waals surface area contributed by atoms with E-state index in [1.807, 2.05) is 6.92 Å². The summed E-state index contributed by atoms with van der Waals surface area (Å²) in [6.45, 7) is 9.30. The van der Waals surface area contributed by atoms with E-state index in [1.165, 1.54) is 0 Å². The molecule has 17 heavy (non-hydrogen) atoms. The Kier molecular flexibility index (Phi) is 8.82. The van der Waals surface area contributed by atoms with Crippen LogP contribution in [0.5, 0.6) is 0 Å². The van der Waals surface area contributed by atoms with Crippen LogP contribution in [0.2, 0.25) is 0 Å². The molecule has 0 spiro atoms. The normalized spacial score (nSPS) is 15.8. The van der Waals surface area contributed by atoms with Crippen molar-refractivity contribution in [3.05, 3.63) is 0 Å². The lowest BCUT2D eigenvalue weighted by Crippen LogP contribution is -2.43. The minimum atomic E-state index is -3.19. The van der Waals surface area contributed by atoms with E-state index in [4.69, 9.17) is 0 Å². The zero-order chi connectivity index (χ0) is 13.3. The average molecular weight is 264 g/mol. The Morgan fingerprint density at radius 3 is 2.24 bits per heavy atom. The molecule has 0 aliphatic rings. The molecule has 2 atom stereocenters. The van der Waals surface area contributed by atoms with Crippen LogP contribution in [0.3, 0.4) is 0 Å². The SMILES string of the molecule is CCCNCC(C)S(=O)(=O)NC(CC)CCC. The largest absolute Gasteiger partial charge is 0.315 e. The van der Waals surface area contributed by atoms with Crippen LogP contribution in [-0.4, -0.2) is 32.8 Å². The van der Waals surface area contributed by atoms with Gasteiger partial charge in [-0.1, -0.05) is 27.2 Å². The molecule has 0 heterocycles. The van der Waals surface area contributed by atoms with Crippen molar-refractivity contribution in [3.63, 3.8) is 0 Å². The molecule has 0 fully saturated rings. The van der Waals surface area contributed by atoms with Gasteiger partial charge >= 0.3 is 0 Å². The van der Waals surface area contributed by atoms with E-state index in [1.54, 1.807) is 6.92 Å². The van der Waals surface area contributed by atoms with Crippen LogP contribution >= 0.6 is 0 Å². The van der Waals surface area contributed by atoms with Gasteiger partial charge in [-0.3, -0.25) is 0 Å². The maximum atomic E-state index is 12.0. The van der Waals surface area contributed by atoms with Gasteiger partial charge in [0.15, 0.2) is 0 Å². The molecule has 0 aromatic heterocycles. The van der Waals surface area contributed by atoms with Crippen molar-refractivity contribution in [1.82, 2.24) is 10.0 Å². The summed E-state index contributed by atoms with van der Waals surface area (Å²) in [6.07, 6.45) is 3.78. The second-order valence-corrected chi connectivity index (χ2v) is 6.70. The summed E-state index contributed by atoms with van der Waals surface area (Å²) in [5.41, 5.74) is 0. The van der Waals surface area contributed by atoms with E-state index < -0.39 is 10.0 Å². The number of nitrogens with one attached hydrogen (secondary N) is 2. The number of rotatable bonds is 10. The van der Waals surface area contributed by atoms with Gasteiger partial charge < -0.3 is 5.32 Å². The van der Waals surface area contributed by atoms with E-state index in [9.17, 15) is 8.42 Å². The van der Waals surface area contributed by atoms with Crippen molar-refractivity contribution in [2.75, 3.05) is 13.1 Å². The predicted octanol–water partition coefficient (Wildman–Crippen LogP) is 1.87. The van der Waals surface area contributed by atoms with Crippen molar-refractivity contribution in [3.8, 4) is 0 Å². The Balaban J connectivity index is 4.24. The highest BCUT2D eigenvalue weighted by Gasteiger charge is 2.22. The molecule has 0 rings (SSSR count). The van der Waals surface area contributed by atoms with Gasteiger partial charge in [-0.2, -0.15) is 0 Å². The van der Waals surface area contributed by atoms with Crippen molar-refractivity contribution < 1.29 is 8.42 Å². The Morgan fingerprint density at radius 1 is 1.12 bits per heavy atom. The Labute approximate surface area is 107 Å². The van der Waals surface area contributed by atoms with E-state index >= 15 is 0 Å². The smallest absolute Gasteiger partial charge is 0.215 e. The summed E-state index contributed by atoms with van der Waals surface area (Å²) in [5, 5.41) is 2.77. The first kappa shape index (κ1) is 16.9. The van der Waals surface area contributed by atoms with Crippen LogP contribution in [0.15, 0.2) is 0 Å². The quantitative estimate of drug-likeness (QED) is 0.592.